The van der Waals surface area contributed by atoms with E-state index < -0.39 is 0 Å². The molecule has 3 heterocycles. The normalized spacial score (nSPS) is 11.6. The molecule has 0 aliphatic carbocycles. The van der Waals surface area contributed by atoms with E-state index in [9.17, 15) is 0 Å². The predicted octanol–water partition coefficient (Wildman–Crippen LogP) is 3.09. The molecule has 0 amide bonds. The maximum absolute atomic E-state index is 6.91. The van der Waals surface area contributed by atoms with Crippen LogP contribution in [0.2, 0.25) is 0 Å². The van der Waals surface area contributed by atoms with Gasteiger partial charge in [0.1, 0.15) is 66.1 Å². The van der Waals surface area contributed by atoms with Crippen LogP contribution in [-0.4, -0.2) is 74.4 Å². The lowest BCUT2D eigenvalue weighted by atomic mass is 9.64. The summed E-state index contributed by atoms with van der Waals surface area (Å²) in [7, 11) is 47.1. The fraction of sp³-hybridized carbons (Fsp3) is 0. The highest BCUT2D eigenvalue weighted by Crippen LogP contribution is 2.39. The Morgan fingerprint density at radius 3 is 1.56 bits per heavy atom. The Kier molecular flexibility index (Phi) is 8.22. The van der Waals surface area contributed by atoms with Crippen molar-refractivity contribution in [3.05, 3.63) is 127 Å². The molecule has 12 heteroatoms. The molecule has 0 saturated carbocycles. The van der Waals surface area contributed by atoms with Crippen LogP contribution < -0.4 is 38.2 Å². The zero-order chi connectivity index (χ0) is 39.1. The van der Waals surface area contributed by atoms with E-state index in [4.69, 9.17) is 74.3 Å². The minimum atomic E-state index is 0.159. The molecule has 5 nitrogen and oxygen atoms in total. The molecular weight excluding hydrogens is 688 g/mol. The van der Waals surface area contributed by atoms with Crippen LogP contribution in [-0.2, 0) is 0 Å². The number of benzene rings is 7. The van der Waals surface area contributed by atoms with Crippen molar-refractivity contribution in [3.8, 4) is 51.0 Å². The van der Waals surface area contributed by atoms with Gasteiger partial charge in [0.05, 0.1) is 5.56 Å². The van der Waals surface area contributed by atoms with Gasteiger partial charge in [-0.3, -0.25) is 0 Å². The third-order valence-corrected chi connectivity index (χ3v) is 10.7. The zero-order valence-electron chi connectivity index (χ0n) is 30.4. The summed E-state index contributed by atoms with van der Waals surface area (Å²) >= 11 is 0. The Labute approximate surface area is 337 Å². The van der Waals surface area contributed by atoms with Gasteiger partial charge in [-0.05, 0) is 35.4 Å². The standard InChI is InChI=1S/C45H21B7N4O/c46-33-30(22-11-4-1-5-12-22)31-32-34(47)35(48)37(50)39(52)41(32)56(40(31)38(51)36(33)49)25-19-20-29-28(21-25)26-17-10-18-27(42(26)57-29)45-54-43(23-13-6-2-7-14-23)53-44(55-45)24-15-8-3-9-16-24/h1-21H. The van der Waals surface area contributed by atoms with Crippen LogP contribution in [0.5, 0.6) is 0 Å². The topological polar surface area (TPSA) is 56.7 Å². The molecule has 0 saturated heterocycles. The molecule has 0 unspecified atom stereocenters. The highest BCUT2D eigenvalue weighted by atomic mass is 16.3. The molecule has 7 aromatic carbocycles. The monoisotopic (exact) mass is 710 g/mol. The summed E-state index contributed by atoms with van der Waals surface area (Å²) in [5.74, 6) is 1.57. The largest absolute Gasteiger partial charge is 0.455 e. The Bertz CT molecular complexity index is 3200. The molecule has 0 fully saturated rings. The number of furan rings is 1. The van der Waals surface area contributed by atoms with Gasteiger partial charge in [0, 0.05) is 49.4 Å². The molecule has 57 heavy (non-hydrogen) atoms. The Morgan fingerprint density at radius 1 is 0.421 bits per heavy atom. The van der Waals surface area contributed by atoms with Gasteiger partial charge in [0.15, 0.2) is 17.5 Å². The number of hydrogen-bond donors (Lipinski definition) is 0. The van der Waals surface area contributed by atoms with Crippen LogP contribution in [0.3, 0.4) is 0 Å². The molecule has 0 aliphatic rings. The summed E-state index contributed by atoms with van der Waals surface area (Å²) in [6.45, 7) is 0. The van der Waals surface area contributed by atoms with Gasteiger partial charge in [0.25, 0.3) is 0 Å². The minimum Gasteiger partial charge on any atom is -0.455 e. The van der Waals surface area contributed by atoms with E-state index >= 15 is 0 Å². The maximum Gasteiger partial charge on any atom is 0.167 e. The second kappa shape index (κ2) is 13.4. The van der Waals surface area contributed by atoms with Crippen molar-refractivity contribution in [1.29, 1.82) is 0 Å². The summed E-state index contributed by atoms with van der Waals surface area (Å²) in [4.78, 5) is 14.8. The zero-order valence-corrected chi connectivity index (χ0v) is 30.4. The van der Waals surface area contributed by atoms with Crippen LogP contribution in [0.4, 0.5) is 0 Å². The summed E-state index contributed by atoms with van der Waals surface area (Å²) in [5.41, 5.74) is 8.53. The first-order chi connectivity index (χ1) is 27.7. The molecule has 3 aromatic heterocycles. The van der Waals surface area contributed by atoms with Crippen molar-refractivity contribution in [2.75, 3.05) is 0 Å². The van der Waals surface area contributed by atoms with Gasteiger partial charge in [-0.1, -0.05) is 125 Å². The average Bonchev–Trinajstić information content (AvgIpc) is 3.81. The molecule has 0 atom stereocenters. The minimum absolute atomic E-state index is 0.159. The van der Waals surface area contributed by atoms with Crippen LogP contribution in [0.15, 0.2) is 132 Å². The fourth-order valence-corrected chi connectivity index (χ4v) is 7.88. The first kappa shape index (κ1) is 35.0. The van der Waals surface area contributed by atoms with E-state index in [0.29, 0.717) is 72.7 Å². The third-order valence-electron chi connectivity index (χ3n) is 10.7. The maximum atomic E-state index is 6.91. The van der Waals surface area contributed by atoms with Crippen molar-refractivity contribution < 1.29 is 4.42 Å². The summed E-state index contributed by atoms with van der Waals surface area (Å²) in [6.07, 6.45) is 0. The molecule has 0 aliphatic heterocycles. The van der Waals surface area contributed by atoms with E-state index in [1.165, 1.54) is 0 Å². The Balaban J connectivity index is 1.25. The first-order valence-corrected chi connectivity index (χ1v) is 18.2. The highest BCUT2D eigenvalue weighted by Gasteiger charge is 2.25. The Hall–Kier alpha value is -6.40. The van der Waals surface area contributed by atoms with Crippen molar-refractivity contribution in [3.63, 3.8) is 0 Å². The average molecular weight is 709 g/mol. The number of hydrogen-bond acceptors (Lipinski definition) is 4. The summed E-state index contributed by atoms with van der Waals surface area (Å²) in [6, 6.07) is 41.1. The number of aromatic nitrogens is 4. The number of para-hydroxylation sites is 1. The quantitative estimate of drug-likeness (QED) is 0.258. The smallest absolute Gasteiger partial charge is 0.167 e. The lowest BCUT2D eigenvalue weighted by Gasteiger charge is -2.18. The van der Waals surface area contributed by atoms with Crippen molar-refractivity contribution in [2.24, 2.45) is 0 Å². The molecule has 0 bridgehead atoms. The van der Waals surface area contributed by atoms with E-state index in [0.717, 1.165) is 27.5 Å². The third kappa shape index (κ3) is 5.38. The van der Waals surface area contributed by atoms with Crippen LogP contribution >= 0.6 is 0 Å². The Morgan fingerprint density at radius 2 is 0.947 bits per heavy atom. The van der Waals surface area contributed by atoms with Gasteiger partial charge in [-0.2, -0.15) is 0 Å². The first-order valence-electron chi connectivity index (χ1n) is 18.2. The van der Waals surface area contributed by atoms with E-state index in [1.54, 1.807) is 0 Å². The second-order valence-corrected chi connectivity index (χ2v) is 13.9. The second-order valence-electron chi connectivity index (χ2n) is 13.9. The lowest BCUT2D eigenvalue weighted by molar-refractivity contribution is 0.669. The predicted molar refractivity (Wildman–Crippen MR) is 241 cm³/mol. The van der Waals surface area contributed by atoms with Gasteiger partial charge < -0.3 is 8.98 Å². The lowest BCUT2D eigenvalue weighted by Crippen LogP contribution is -2.48. The van der Waals surface area contributed by atoms with Crippen molar-refractivity contribution >= 4 is 137 Å². The highest BCUT2D eigenvalue weighted by molar-refractivity contribution is 6.69. The van der Waals surface area contributed by atoms with Gasteiger partial charge >= 0.3 is 0 Å². The van der Waals surface area contributed by atoms with Crippen molar-refractivity contribution in [1.82, 2.24) is 19.5 Å². The van der Waals surface area contributed by atoms with E-state index in [2.05, 4.69) is 0 Å². The number of fused-ring (bicyclic) bond motifs is 6. The van der Waals surface area contributed by atoms with Crippen LogP contribution in [0.25, 0.3) is 94.7 Å². The SMILES string of the molecule is [B]c1c([B])c([B])c2c(c1[B])c1c(-c3ccccc3)c([B])c([B])c([B])c1n2-c1ccc2oc3c(-c4nc(-c5ccccc5)nc(-c5ccccc5)n4)cccc3c2c1. The van der Waals surface area contributed by atoms with Crippen molar-refractivity contribution in [2.45, 2.75) is 0 Å². The molecule has 0 spiro atoms. The van der Waals surface area contributed by atoms with Gasteiger partial charge in [0.2, 0.25) is 0 Å². The molecular formula is C45H21B7N4O. The van der Waals surface area contributed by atoms with E-state index in [-0.39, 0.29) is 32.8 Å². The fourth-order valence-electron chi connectivity index (χ4n) is 7.88. The number of rotatable bonds is 5. The molecule has 10 rings (SSSR count). The summed E-state index contributed by atoms with van der Waals surface area (Å²) in [5, 5.41) is 2.87. The summed E-state index contributed by atoms with van der Waals surface area (Å²) < 4.78 is 8.56. The van der Waals surface area contributed by atoms with Crippen LogP contribution in [0.1, 0.15) is 0 Å². The van der Waals surface area contributed by atoms with E-state index in [1.807, 2.05) is 132 Å². The number of nitrogens with zero attached hydrogens (tertiary/aromatic N) is 4. The molecule has 14 radical (unpaired) electrons. The molecule has 0 N–H and O–H groups in total. The van der Waals surface area contributed by atoms with Crippen LogP contribution in [0, 0.1) is 0 Å². The molecule has 248 valence electrons. The van der Waals surface area contributed by atoms with Gasteiger partial charge in [-0.15, -0.1) is 16.4 Å². The van der Waals surface area contributed by atoms with Gasteiger partial charge in [-0.25, -0.2) is 15.0 Å². The molecule has 10 aromatic rings.